The van der Waals surface area contributed by atoms with E-state index < -0.39 is 33.0 Å². The van der Waals surface area contributed by atoms with Gasteiger partial charge in [0.25, 0.3) is 10.0 Å². The minimum atomic E-state index is -4.53. The molecule has 31 heavy (non-hydrogen) atoms. The first kappa shape index (κ1) is 21.0. The number of anilines is 2. The van der Waals surface area contributed by atoms with Crippen LogP contribution in [0, 0.1) is 11.7 Å². The van der Waals surface area contributed by atoms with E-state index in [0.29, 0.717) is 6.42 Å². The molecule has 170 valence electrons. The Kier molecular flexibility index (Phi) is 4.96. The van der Waals surface area contributed by atoms with E-state index in [0.717, 1.165) is 55.8 Å². The number of rotatable bonds is 3. The normalized spacial score (nSPS) is 28.8. The number of nitrogens with zero attached hydrogens (tertiary/aromatic N) is 3. The summed E-state index contributed by atoms with van der Waals surface area (Å²) in [6.07, 6.45) is -0.643. The largest absolute Gasteiger partial charge is 0.408 e. The van der Waals surface area contributed by atoms with Crippen LogP contribution in [0.25, 0.3) is 0 Å². The summed E-state index contributed by atoms with van der Waals surface area (Å²) in [5.74, 6) is -0.720. The fraction of sp³-hybridized carbons (Fsp3) is 0.650. The van der Waals surface area contributed by atoms with Gasteiger partial charge in [-0.05, 0) is 63.7 Å². The number of fused-ring (bicyclic) bond motifs is 1. The second-order valence-corrected chi connectivity index (χ2v) is 10.4. The molecule has 3 fully saturated rings. The van der Waals surface area contributed by atoms with Crippen molar-refractivity contribution in [2.75, 3.05) is 29.9 Å². The molecule has 1 aromatic rings. The maximum absolute atomic E-state index is 14.4. The lowest BCUT2D eigenvalue weighted by atomic mass is 9.94. The lowest BCUT2D eigenvalue weighted by Gasteiger charge is -2.45. The van der Waals surface area contributed by atoms with Crippen LogP contribution in [0.1, 0.15) is 38.5 Å². The fourth-order valence-electron chi connectivity index (χ4n) is 4.97. The molecule has 0 spiro atoms. The number of benzene rings is 1. The van der Waals surface area contributed by atoms with E-state index in [-0.39, 0.29) is 42.1 Å². The Morgan fingerprint density at radius 2 is 1.77 bits per heavy atom. The predicted molar refractivity (Wildman–Crippen MR) is 108 cm³/mol. The van der Waals surface area contributed by atoms with Gasteiger partial charge in [-0.25, -0.2) is 4.39 Å². The molecule has 0 aromatic heterocycles. The maximum atomic E-state index is 14.4. The van der Waals surface area contributed by atoms with Crippen molar-refractivity contribution in [2.45, 2.75) is 61.7 Å². The summed E-state index contributed by atoms with van der Waals surface area (Å²) in [5, 5.41) is 2.93. The number of sulfonamides is 1. The van der Waals surface area contributed by atoms with E-state index in [9.17, 15) is 26.0 Å². The number of hydrogen-bond donors (Lipinski definition) is 1. The van der Waals surface area contributed by atoms with Crippen LogP contribution in [0.3, 0.4) is 0 Å². The van der Waals surface area contributed by atoms with Crippen LogP contribution in [0.15, 0.2) is 21.4 Å². The average Bonchev–Trinajstić information content (AvgIpc) is 3.41. The van der Waals surface area contributed by atoms with Gasteiger partial charge < -0.3 is 15.1 Å². The molecule has 2 atom stereocenters. The highest BCUT2D eigenvalue weighted by molar-refractivity contribution is 7.90. The van der Waals surface area contributed by atoms with Gasteiger partial charge in [-0.15, -0.1) is 4.40 Å². The van der Waals surface area contributed by atoms with Crippen molar-refractivity contribution in [2.24, 2.45) is 10.3 Å². The first-order chi connectivity index (χ1) is 14.6. The summed E-state index contributed by atoms with van der Waals surface area (Å²) in [6, 6.07) is -0.166. The minimum Gasteiger partial charge on any atom is -0.358 e. The molecular weight excluding hydrogens is 436 g/mol. The standard InChI is InChI=1S/C20H24F4N4O2S/c21-13-9-15(18-16(10-13)31(29,30)26-19(25-18)12-3-4-12)28-8-5-14(27-6-1-2-7-27)11-17(28)20(22,23)24/h9-10,12,14,17H,1-8,11H2,(H,25,26)/t14-,17+/m1/s1. The van der Waals surface area contributed by atoms with Crippen molar-refractivity contribution >= 4 is 27.2 Å². The Bertz CT molecular complexity index is 1020. The smallest absolute Gasteiger partial charge is 0.358 e. The topological polar surface area (TPSA) is 65.0 Å². The molecule has 5 rings (SSSR count). The van der Waals surface area contributed by atoms with Crippen LogP contribution in [0.5, 0.6) is 0 Å². The first-order valence-corrected chi connectivity index (χ1v) is 12.1. The van der Waals surface area contributed by atoms with E-state index in [1.54, 1.807) is 0 Å². The molecule has 3 aliphatic heterocycles. The van der Waals surface area contributed by atoms with Crippen molar-refractivity contribution < 1.29 is 26.0 Å². The molecule has 2 saturated heterocycles. The maximum Gasteiger partial charge on any atom is 0.408 e. The molecule has 1 aromatic carbocycles. The summed E-state index contributed by atoms with van der Waals surface area (Å²) in [7, 11) is -4.19. The quantitative estimate of drug-likeness (QED) is 0.697. The zero-order valence-electron chi connectivity index (χ0n) is 16.8. The van der Waals surface area contributed by atoms with E-state index in [1.165, 1.54) is 0 Å². The number of likely N-dealkylation sites (tertiary alicyclic amines) is 1. The molecule has 1 aliphatic carbocycles. The van der Waals surface area contributed by atoms with Crippen molar-refractivity contribution in [3.8, 4) is 0 Å². The van der Waals surface area contributed by atoms with Gasteiger partial charge in [0.1, 0.15) is 22.6 Å². The highest BCUT2D eigenvalue weighted by atomic mass is 32.2. The SMILES string of the molecule is O=S1(=O)N=C(C2CC2)Nc2c(N3CC[C@@H](N4CCCC4)C[C@H]3C(F)(F)F)cc(F)cc21. The van der Waals surface area contributed by atoms with Crippen LogP contribution in [-0.2, 0) is 10.0 Å². The van der Waals surface area contributed by atoms with Gasteiger partial charge >= 0.3 is 6.18 Å². The number of hydrogen-bond acceptors (Lipinski definition) is 5. The van der Waals surface area contributed by atoms with Gasteiger partial charge in [0.15, 0.2) is 0 Å². The molecule has 6 nitrogen and oxygen atoms in total. The van der Waals surface area contributed by atoms with Crippen molar-refractivity contribution in [1.29, 1.82) is 0 Å². The second kappa shape index (κ2) is 7.33. The van der Waals surface area contributed by atoms with E-state index in [2.05, 4.69) is 14.6 Å². The molecule has 0 unspecified atom stereocenters. The van der Waals surface area contributed by atoms with Gasteiger partial charge in [-0.3, -0.25) is 0 Å². The van der Waals surface area contributed by atoms with E-state index >= 15 is 0 Å². The third-order valence-corrected chi connectivity index (χ3v) is 7.99. The lowest BCUT2D eigenvalue weighted by Crippen LogP contribution is -2.55. The Hall–Kier alpha value is -1.88. The molecule has 0 bridgehead atoms. The monoisotopic (exact) mass is 460 g/mol. The second-order valence-electron chi connectivity index (χ2n) is 8.82. The summed E-state index contributed by atoms with van der Waals surface area (Å²) in [6.45, 7) is 1.66. The van der Waals surface area contributed by atoms with Crippen LogP contribution in [0.2, 0.25) is 0 Å². The average molecular weight is 460 g/mol. The van der Waals surface area contributed by atoms with Crippen LogP contribution in [0.4, 0.5) is 28.9 Å². The highest BCUT2D eigenvalue weighted by Gasteiger charge is 2.49. The van der Waals surface area contributed by atoms with E-state index in [4.69, 9.17) is 0 Å². The molecule has 0 amide bonds. The Labute approximate surface area is 178 Å². The van der Waals surface area contributed by atoms with Crippen LogP contribution in [-0.4, -0.2) is 57.0 Å². The summed E-state index contributed by atoms with van der Waals surface area (Å²) in [5.41, 5.74) is -0.0546. The number of amidine groups is 1. The Balaban J connectivity index is 1.54. The fourth-order valence-corrected chi connectivity index (χ4v) is 6.20. The number of halogens is 4. The number of nitrogens with one attached hydrogen (secondary N) is 1. The summed E-state index contributed by atoms with van der Waals surface area (Å²) < 4.78 is 85.8. The summed E-state index contributed by atoms with van der Waals surface area (Å²) in [4.78, 5) is 2.83. The predicted octanol–water partition coefficient (Wildman–Crippen LogP) is 3.74. The number of alkyl halides is 3. The van der Waals surface area contributed by atoms with Gasteiger partial charge in [0, 0.05) is 18.5 Å². The number of piperidine rings is 1. The van der Waals surface area contributed by atoms with E-state index in [1.807, 2.05) is 0 Å². The third kappa shape index (κ3) is 3.90. The lowest BCUT2D eigenvalue weighted by molar-refractivity contribution is -0.156. The van der Waals surface area contributed by atoms with Gasteiger partial charge in [0.05, 0.1) is 11.4 Å². The Morgan fingerprint density at radius 3 is 2.42 bits per heavy atom. The molecular formula is C20H24F4N4O2S. The zero-order chi connectivity index (χ0) is 22.0. The van der Waals surface area contributed by atoms with Gasteiger partial charge in [0.2, 0.25) is 0 Å². The summed E-state index contributed by atoms with van der Waals surface area (Å²) >= 11 is 0. The molecule has 11 heteroatoms. The Morgan fingerprint density at radius 1 is 1.06 bits per heavy atom. The van der Waals surface area contributed by atoms with Gasteiger partial charge in [-0.2, -0.15) is 21.6 Å². The molecule has 1 saturated carbocycles. The van der Waals surface area contributed by atoms with Crippen molar-refractivity contribution in [3.63, 3.8) is 0 Å². The highest BCUT2D eigenvalue weighted by Crippen LogP contribution is 2.45. The minimum absolute atomic E-state index is 0.00664. The van der Waals surface area contributed by atoms with Crippen LogP contribution < -0.4 is 10.2 Å². The van der Waals surface area contributed by atoms with Crippen molar-refractivity contribution in [3.05, 3.63) is 17.9 Å². The zero-order valence-corrected chi connectivity index (χ0v) is 17.6. The third-order valence-electron chi connectivity index (χ3n) is 6.68. The molecule has 3 heterocycles. The van der Waals surface area contributed by atoms with Crippen LogP contribution >= 0.6 is 0 Å². The molecule has 4 aliphatic rings. The molecule has 0 radical (unpaired) electrons. The first-order valence-electron chi connectivity index (χ1n) is 10.7. The van der Waals surface area contributed by atoms with Crippen molar-refractivity contribution in [1.82, 2.24) is 4.90 Å². The molecule has 1 N–H and O–H groups in total. The van der Waals surface area contributed by atoms with Gasteiger partial charge in [-0.1, -0.05) is 0 Å².